The van der Waals surface area contributed by atoms with E-state index in [0.717, 1.165) is 25.2 Å². The lowest BCUT2D eigenvalue weighted by molar-refractivity contribution is -0.115. The van der Waals surface area contributed by atoms with E-state index in [9.17, 15) is 9.18 Å². The average Bonchev–Trinajstić information content (AvgIpc) is 3.14. The van der Waals surface area contributed by atoms with Crippen molar-refractivity contribution in [3.8, 4) is 5.75 Å². The summed E-state index contributed by atoms with van der Waals surface area (Å²) in [7, 11) is 1.65. The smallest absolute Gasteiger partial charge is 0.243 e. The number of rotatable bonds is 6. The highest BCUT2D eigenvalue weighted by Crippen LogP contribution is 2.25. The Hall–Kier alpha value is -3.09. The molecule has 3 rings (SSSR count). The number of fused-ring (bicyclic) bond motifs is 1. The molecule has 142 valence electrons. The fraction of sp³-hybridized carbons (Fsp3) is 0.300. The van der Waals surface area contributed by atoms with Crippen LogP contribution in [0.1, 0.15) is 11.1 Å². The van der Waals surface area contributed by atoms with Crippen molar-refractivity contribution >= 4 is 17.6 Å². The Morgan fingerprint density at radius 2 is 2.00 bits per heavy atom. The molecule has 0 aromatic heterocycles. The fourth-order valence-corrected chi connectivity index (χ4v) is 2.84. The highest BCUT2D eigenvalue weighted by Gasteiger charge is 2.12. The number of benzene rings is 2. The molecule has 27 heavy (non-hydrogen) atoms. The molecule has 0 aliphatic carbocycles. The number of carbonyl (C=O) groups excluding carboxylic acids is 1. The normalized spacial score (nSPS) is 12.9. The van der Waals surface area contributed by atoms with E-state index < -0.39 is 0 Å². The van der Waals surface area contributed by atoms with Crippen LogP contribution in [0.2, 0.25) is 0 Å². The van der Waals surface area contributed by atoms with Crippen LogP contribution in [-0.2, 0) is 17.6 Å². The van der Waals surface area contributed by atoms with Crippen molar-refractivity contribution in [2.75, 3.05) is 32.1 Å². The number of aliphatic imine (C=N–C) groups is 1. The molecule has 1 heterocycles. The van der Waals surface area contributed by atoms with Crippen molar-refractivity contribution in [2.45, 2.75) is 12.8 Å². The maximum Gasteiger partial charge on any atom is 0.243 e. The summed E-state index contributed by atoms with van der Waals surface area (Å²) in [4.78, 5) is 16.1. The zero-order valence-corrected chi connectivity index (χ0v) is 15.2. The van der Waals surface area contributed by atoms with Crippen molar-refractivity contribution in [3.63, 3.8) is 0 Å². The van der Waals surface area contributed by atoms with E-state index in [1.165, 1.54) is 35.4 Å². The number of carbonyl (C=O) groups is 1. The molecule has 0 saturated carbocycles. The second kappa shape index (κ2) is 9.02. The number of amides is 1. The molecule has 0 spiro atoms. The quantitative estimate of drug-likeness (QED) is 0.538. The van der Waals surface area contributed by atoms with Crippen LogP contribution in [0.5, 0.6) is 5.75 Å². The van der Waals surface area contributed by atoms with Crippen molar-refractivity contribution in [2.24, 2.45) is 4.99 Å². The van der Waals surface area contributed by atoms with Crippen LogP contribution < -0.4 is 20.7 Å². The molecule has 0 fully saturated rings. The second-order valence-electron chi connectivity index (χ2n) is 6.20. The Morgan fingerprint density at radius 1 is 1.19 bits per heavy atom. The van der Waals surface area contributed by atoms with Gasteiger partial charge in [-0.15, -0.1) is 0 Å². The lowest BCUT2D eigenvalue weighted by atomic mass is 10.1. The maximum absolute atomic E-state index is 12.9. The first kappa shape index (κ1) is 18.7. The Labute approximate surface area is 157 Å². The third-order valence-electron chi connectivity index (χ3n) is 4.23. The minimum Gasteiger partial charge on any atom is -0.493 e. The van der Waals surface area contributed by atoms with Gasteiger partial charge in [0, 0.05) is 25.7 Å². The second-order valence-corrected chi connectivity index (χ2v) is 6.20. The minimum absolute atomic E-state index is 0.0627. The van der Waals surface area contributed by atoms with Gasteiger partial charge in [0.05, 0.1) is 13.2 Å². The van der Waals surface area contributed by atoms with E-state index in [4.69, 9.17) is 4.74 Å². The number of hydrogen-bond acceptors (Lipinski definition) is 3. The predicted octanol–water partition coefficient (Wildman–Crippen LogP) is 2.11. The first-order valence-electron chi connectivity index (χ1n) is 8.88. The zero-order chi connectivity index (χ0) is 19.1. The predicted molar refractivity (Wildman–Crippen MR) is 104 cm³/mol. The largest absolute Gasteiger partial charge is 0.493 e. The lowest BCUT2D eigenvalue weighted by Crippen LogP contribution is -2.42. The molecule has 6 nitrogen and oxygen atoms in total. The number of hydrogen-bond donors (Lipinski definition) is 3. The molecule has 0 bridgehead atoms. The molecule has 0 saturated heterocycles. The van der Waals surface area contributed by atoms with Crippen LogP contribution in [0.25, 0.3) is 0 Å². The van der Waals surface area contributed by atoms with E-state index in [2.05, 4.69) is 33.1 Å². The molecule has 1 aliphatic rings. The zero-order valence-electron chi connectivity index (χ0n) is 15.2. The molecule has 0 radical (unpaired) electrons. The van der Waals surface area contributed by atoms with E-state index in [-0.39, 0.29) is 18.3 Å². The summed E-state index contributed by atoms with van der Waals surface area (Å²) >= 11 is 0. The Bertz CT molecular complexity index is 821. The molecular weight excluding hydrogens is 347 g/mol. The summed E-state index contributed by atoms with van der Waals surface area (Å²) in [5, 5.41) is 8.84. The first-order chi connectivity index (χ1) is 13.1. The van der Waals surface area contributed by atoms with Gasteiger partial charge in [0.25, 0.3) is 0 Å². The molecule has 0 atom stereocenters. The van der Waals surface area contributed by atoms with Crippen molar-refractivity contribution in [3.05, 3.63) is 59.4 Å². The highest BCUT2D eigenvalue weighted by molar-refractivity contribution is 5.94. The summed E-state index contributed by atoms with van der Waals surface area (Å²) in [6.45, 7) is 1.51. The number of halogens is 1. The van der Waals surface area contributed by atoms with Crippen LogP contribution in [0.15, 0.2) is 47.5 Å². The first-order valence-corrected chi connectivity index (χ1v) is 8.88. The molecule has 2 aromatic rings. The number of ether oxygens (including phenoxy) is 1. The lowest BCUT2D eigenvalue weighted by Gasteiger charge is -2.12. The van der Waals surface area contributed by atoms with Gasteiger partial charge in [0.15, 0.2) is 5.96 Å². The molecular formula is C20H23FN4O2. The topological polar surface area (TPSA) is 74.8 Å². The summed E-state index contributed by atoms with van der Waals surface area (Å²) in [6.07, 6.45) is 1.80. The van der Waals surface area contributed by atoms with Gasteiger partial charge in [-0.2, -0.15) is 0 Å². The van der Waals surface area contributed by atoms with E-state index in [1.54, 1.807) is 7.05 Å². The van der Waals surface area contributed by atoms with Crippen LogP contribution in [0, 0.1) is 5.82 Å². The number of anilines is 1. The molecule has 7 heteroatoms. The van der Waals surface area contributed by atoms with Gasteiger partial charge in [-0.25, -0.2) is 4.39 Å². The Morgan fingerprint density at radius 3 is 2.78 bits per heavy atom. The standard InChI is InChI=1S/C20H23FN4O2/c1-22-20(24-13-19(26)25-17-5-3-16(21)4-6-17)23-10-8-14-2-7-18-15(12-14)9-11-27-18/h2-7,12H,8-11,13H2,1H3,(H,25,26)(H2,22,23,24). The molecule has 3 N–H and O–H groups in total. The van der Waals surface area contributed by atoms with Crippen molar-refractivity contribution in [1.82, 2.24) is 10.6 Å². The fourth-order valence-electron chi connectivity index (χ4n) is 2.84. The van der Waals surface area contributed by atoms with Gasteiger partial charge >= 0.3 is 0 Å². The molecule has 2 aromatic carbocycles. The van der Waals surface area contributed by atoms with Gasteiger partial charge in [0.1, 0.15) is 11.6 Å². The number of guanidine groups is 1. The van der Waals surface area contributed by atoms with Crippen molar-refractivity contribution < 1.29 is 13.9 Å². The van der Waals surface area contributed by atoms with Gasteiger partial charge in [0.2, 0.25) is 5.91 Å². The van der Waals surface area contributed by atoms with E-state index >= 15 is 0 Å². The number of nitrogens with zero attached hydrogens (tertiary/aromatic N) is 1. The SMILES string of the molecule is CN=C(NCCc1ccc2c(c1)CCO2)NCC(=O)Nc1ccc(F)cc1. The van der Waals surface area contributed by atoms with E-state index in [1.807, 2.05) is 6.07 Å². The monoisotopic (exact) mass is 370 g/mol. The third kappa shape index (κ3) is 5.44. The Kier molecular flexibility index (Phi) is 6.25. The van der Waals surface area contributed by atoms with Crippen LogP contribution in [0.4, 0.5) is 10.1 Å². The number of nitrogens with one attached hydrogen (secondary N) is 3. The van der Waals surface area contributed by atoms with Crippen LogP contribution >= 0.6 is 0 Å². The molecule has 1 aliphatic heterocycles. The van der Waals surface area contributed by atoms with Crippen LogP contribution in [0.3, 0.4) is 0 Å². The van der Waals surface area contributed by atoms with Gasteiger partial charge in [-0.1, -0.05) is 12.1 Å². The summed E-state index contributed by atoms with van der Waals surface area (Å²) < 4.78 is 18.4. The van der Waals surface area contributed by atoms with E-state index in [0.29, 0.717) is 18.2 Å². The third-order valence-corrected chi connectivity index (χ3v) is 4.23. The summed E-state index contributed by atoms with van der Waals surface area (Å²) in [6, 6.07) is 11.9. The van der Waals surface area contributed by atoms with Crippen LogP contribution in [-0.4, -0.2) is 38.6 Å². The molecule has 1 amide bonds. The molecule has 0 unspecified atom stereocenters. The summed E-state index contributed by atoms with van der Waals surface area (Å²) in [5.74, 6) is 0.958. The maximum atomic E-state index is 12.9. The minimum atomic E-state index is -0.341. The highest BCUT2D eigenvalue weighted by atomic mass is 19.1. The summed E-state index contributed by atoms with van der Waals surface area (Å²) in [5.41, 5.74) is 3.04. The van der Waals surface area contributed by atoms with Gasteiger partial charge in [-0.3, -0.25) is 9.79 Å². The Balaban J connectivity index is 1.40. The van der Waals surface area contributed by atoms with Crippen molar-refractivity contribution in [1.29, 1.82) is 0 Å². The van der Waals surface area contributed by atoms with Gasteiger partial charge < -0.3 is 20.7 Å². The van der Waals surface area contributed by atoms with Gasteiger partial charge in [-0.05, 0) is 47.9 Å². The average molecular weight is 370 g/mol.